The van der Waals surface area contributed by atoms with Crippen LogP contribution in [-0.4, -0.2) is 125 Å². The SMILES string of the molecule is CCn1c2ccccc2c2cc3c(cc21)C(=O)CCS3.Cc1ccc2c(c1)C(=O)CCO2.Cc1ccc2c(c1)C(=O)CCO2.O=C1CCOc2cc3c(cc21)SCCC3=O.O=C1CCOc2ccc(Br)cc21.O=C1CCOc2ccc(Cl)cc21.O=C1CCOc2ccccc21.O=C1CCSc2cc3c(cc21)oc1ccccc13.O=C1CCSc2cc3c(cc21)sc1ccccc13. The Balaban J connectivity index is 0.000000104. The number of nitrogens with zero attached hydrogens (tertiary/aromatic N) is 1. The van der Waals surface area contributed by atoms with Crippen molar-refractivity contribution in [2.24, 2.45) is 0 Å². The van der Waals surface area contributed by atoms with Crippen LogP contribution in [0.2, 0.25) is 5.02 Å². The van der Waals surface area contributed by atoms with Crippen molar-refractivity contribution in [2.75, 3.05) is 62.7 Å². The Bertz CT molecular complexity index is 6680. The topological polar surface area (TPSA) is 244 Å². The highest BCUT2D eigenvalue weighted by Crippen LogP contribution is 2.44. The summed E-state index contributed by atoms with van der Waals surface area (Å²) < 4.78 is 43.5. The van der Waals surface area contributed by atoms with Gasteiger partial charge in [0.2, 0.25) is 0 Å². The molecule has 15 aromatic rings. The van der Waals surface area contributed by atoms with E-state index < -0.39 is 0 Å². The Labute approximate surface area is 789 Å². The molecule has 10 aliphatic heterocycles. The molecular weight excluding hydrogens is 1830 g/mol. The number of carbonyl (C=O) groups excluding carboxylic acids is 10. The maximum atomic E-state index is 12.1. The molecule has 0 spiro atoms. The molecule has 0 N–H and O–H groups in total. The van der Waals surface area contributed by atoms with Crippen LogP contribution in [0.25, 0.3) is 63.9 Å². The molecule has 0 saturated heterocycles. The number of fused-ring (bicyclic) bond motifs is 19. The molecule has 0 amide bonds. The summed E-state index contributed by atoms with van der Waals surface area (Å²) in [6.45, 7) is 10.0. The molecule has 0 radical (unpaired) electrons. The van der Waals surface area contributed by atoms with E-state index in [1.54, 1.807) is 94.8 Å². The molecule has 18 nitrogen and oxygen atoms in total. The van der Waals surface area contributed by atoms with E-state index in [2.05, 4.69) is 112 Å². The number of carbonyl (C=O) groups is 10. The second kappa shape index (κ2) is 41.3. The summed E-state index contributed by atoms with van der Waals surface area (Å²) in [5, 5.41) is 7.94. The van der Waals surface area contributed by atoms with Crippen molar-refractivity contribution in [2.45, 2.75) is 111 Å². The second-order valence-corrected chi connectivity index (χ2v) is 38.8. The number of aromatic nitrogens is 1. The smallest absolute Gasteiger partial charge is 0.170 e. The van der Waals surface area contributed by atoms with E-state index in [0.717, 1.165) is 137 Å². The monoisotopic (exact) mass is 1920 g/mol. The van der Waals surface area contributed by atoms with Gasteiger partial charge in [0, 0.05) is 198 Å². The van der Waals surface area contributed by atoms with Gasteiger partial charge in [-0.05, 0) is 160 Å². The van der Waals surface area contributed by atoms with Crippen LogP contribution in [0, 0.1) is 13.8 Å². The summed E-state index contributed by atoms with van der Waals surface area (Å²) >= 11 is 17.8. The first-order valence-corrected chi connectivity index (χ1v) is 49.2. The van der Waals surface area contributed by atoms with Gasteiger partial charge in [0.1, 0.15) is 45.7 Å². The summed E-state index contributed by atoms with van der Waals surface area (Å²) in [5.41, 5.74) is 13.8. The van der Waals surface area contributed by atoms with Gasteiger partial charge in [-0.1, -0.05) is 118 Å². The minimum Gasteiger partial charge on any atom is -0.492 e. The summed E-state index contributed by atoms with van der Waals surface area (Å²) in [7, 11) is 0. The zero-order chi connectivity index (χ0) is 90.9. The first-order valence-electron chi connectivity index (χ1n) is 43.3. The normalized spacial score (nSPS) is 15.6. The van der Waals surface area contributed by atoms with Crippen molar-refractivity contribution in [1.82, 2.24) is 4.57 Å². The Morgan fingerprint density at radius 2 is 0.695 bits per heavy atom. The minimum absolute atomic E-state index is 0.110. The van der Waals surface area contributed by atoms with Crippen LogP contribution in [0.1, 0.15) is 186 Å². The Morgan fingerprint density at radius 3 is 1.24 bits per heavy atom. The number of thioether (sulfide) groups is 4. The Hall–Kier alpha value is -11.9. The van der Waals surface area contributed by atoms with E-state index >= 15 is 0 Å². The highest BCUT2D eigenvalue weighted by Gasteiger charge is 2.30. The quantitative estimate of drug-likeness (QED) is 0.148. The van der Waals surface area contributed by atoms with Crippen LogP contribution < -0.4 is 28.4 Å². The molecule has 10 aliphatic rings. The highest BCUT2D eigenvalue weighted by molar-refractivity contribution is 9.10. The molecule has 25 heteroatoms. The fourth-order valence-electron chi connectivity index (χ4n) is 16.5. The maximum absolute atomic E-state index is 12.1. The third kappa shape index (κ3) is 20.6. The van der Waals surface area contributed by atoms with Crippen molar-refractivity contribution in [3.63, 3.8) is 0 Å². The predicted octanol–water partition coefficient (Wildman–Crippen LogP) is 26.1. The summed E-state index contributed by atoms with van der Waals surface area (Å²) in [6, 6.07) is 70.4. The largest absolute Gasteiger partial charge is 0.492 e. The fourth-order valence-corrected chi connectivity index (χ4v) is 22.3. The number of ketones is 10. The number of ether oxygens (including phenoxy) is 6. The number of hydrogen-bond donors (Lipinski definition) is 0. The van der Waals surface area contributed by atoms with Gasteiger partial charge in [-0.2, -0.15) is 0 Å². The van der Waals surface area contributed by atoms with Crippen LogP contribution in [0.5, 0.6) is 34.5 Å². The fraction of sp³-hybridized carbons (Fsp3) is 0.226. The Morgan fingerprint density at radius 1 is 0.298 bits per heavy atom. The first kappa shape index (κ1) is 91.0. The molecule has 0 saturated carbocycles. The van der Waals surface area contributed by atoms with Crippen molar-refractivity contribution >= 4 is 208 Å². The third-order valence-corrected chi connectivity index (χ3v) is 29.2. The molecule has 0 fully saturated rings. The molecule has 12 aromatic carbocycles. The van der Waals surface area contributed by atoms with Crippen molar-refractivity contribution in [3.8, 4) is 34.5 Å². The minimum atomic E-state index is 0.110. The van der Waals surface area contributed by atoms with Crippen LogP contribution in [0.3, 0.4) is 0 Å². The van der Waals surface area contributed by atoms with Crippen LogP contribution >= 0.6 is 85.9 Å². The van der Waals surface area contributed by atoms with E-state index in [4.69, 9.17) is 44.4 Å². The summed E-state index contributed by atoms with van der Waals surface area (Å²) in [5.74, 6) is 9.55. The van der Waals surface area contributed by atoms with E-state index in [9.17, 15) is 47.9 Å². The van der Waals surface area contributed by atoms with Crippen molar-refractivity contribution in [3.05, 3.63) is 295 Å². The van der Waals surface area contributed by atoms with Crippen molar-refractivity contribution < 1.29 is 80.8 Å². The number of benzene rings is 12. The molecule has 0 aliphatic carbocycles. The lowest BCUT2D eigenvalue weighted by molar-refractivity contribution is 0.0922. The maximum Gasteiger partial charge on any atom is 0.170 e. The standard InChI is InChI=1S/C17H15NOS.C15H10O2S.C15H10OS2.C12H10O3S.2C10H10O2.C9H7BrO2.C9H7ClO2.C9H8O2/c1-2-18-14-6-4-3-5-11(14)12-10-17-13(9-15(12)18)16(19)7-8-20-17;16-12-5-6-18-15-8-10-9-3-1-2-4-13(9)17-14(10)7-11(12)15;16-12-5-6-17-14-7-10-9-3-1-2-4-13(9)18-15(10)8-11(12)14;13-9-1-3-15-11-5-8-10(14)2-4-16-12(8)6-7(9)11;2*1-7-2-3-10-8(6-7)9(11)4-5-12-10;2*10-6-1-2-9-7(5-6)8(11)3-4-12-9;10-8-5-6-11-9-4-2-1-3-7(8)9/h3-6,9-10H,2,7-8H2,1H3;2*1-4,7-8H,5-6H2;5-6H,1-4H2;2*2-3,6H,4-5H2,1H3;2*1-2,5H,3-4H2;1-4H,5-6H2. The second-order valence-electron chi connectivity index (χ2n) is 31.8. The van der Waals surface area contributed by atoms with Gasteiger partial charge < -0.3 is 37.4 Å². The zero-order valence-electron chi connectivity index (χ0n) is 71.8. The molecule has 0 atom stereocenters. The molecule has 13 heterocycles. The van der Waals surface area contributed by atoms with Gasteiger partial charge in [-0.3, -0.25) is 47.9 Å². The molecule has 3 aromatic heterocycles. The molecule has 131 heavy (non-hydrogen) atoms. The predicted molar refractivity (Wildman–Crippen MR) is 524 cm³/mol. The molecule has 662 valence electrons. The lowest BCUT2D eigenvalue weighted by Crippen LogP contribution is -2.17. The molecule has 0 bridgehead atoms. The van der Waals surface area contributed by atoms with Gasteiger partial charge in [-0.15, -0.1) is 58.4 Å². The average Bonchev–Trinajstić information content (AvgIpc) is 1.59. The number of Topliss-reactive ketones (excluding diaryl/α,β-unsaturated/α-hetero) is 10. The van der Waals surface area contributed by atoms with Crippen molar-refractivity contribution in [1.29, 1.82) is 0 Å². The summed E-state index contributed by atoms with van der Waals surface area (Å²) in [6.07, 6.45) is 5.45. The molecule has 25 rings (SSSR count). The first-order chi connectivity index (χ1) is 63.7. The van der Waals surface area contributed by atoms with E-state index in [-0.39, 0.29) is 52.0 Å². The number of halogens is 2. The van der Waals surface area contributed by atoms with Gasteiger partial charge in [0.05, 0.1) is 73.0 Å². The number of furan rings is 1. The molecule has 0 unspecified atom stereocenters. The van der Waals surface area contributed by atoms with Gasteiger partial charge in [-0.25, -0.2) is 0 Å². The number of aryl methyl sites for hydroxylation is 3. The van der Waals surface area contributed by atoms with Gasteiger partial charge >= 0.3 is 0 Å². The van der Waals surface area contributed by atoms with Crippen LogP contribution in [0.4, 0.5) is 0 Å². The number of hydrogen-bond acceptors (Lipinski definition) is 22. The number of rotatable bonds is 1. The molecular formula is C106H87BrClNO17S5. The average molecular weight is 1920 g/mol. The van der Waals surface area contributed by atoms with Gasteiger partial charge in [0.25, 0.3) is 0 Å². The highest BCUT2D eigenvalue weighted by atomic mass is 79.9. The lowest BCUT2D eigenvalue weighted by atomic mass is 10.00. The third-order valence-electron chi connectivity index (χ3n) is 23.1. The van der Waals surface area contributed by atoms with Gasteiger partial charge in [0.15, 0.2) is 57.8 Å². The summed E-state index contributed by atoms with van der Waals surface area (Å²) in [4.78, 5) is 120. The van der Waals surface area contributed by atoms with E-state index in [1.165, 1.54) is 42.0 Å². The number of thiophene rings is 1. The van der Waals surface area contributed by atoms with Crippen LogP contribution in [0.15, 0.2) is 247 Å². The lowest BCUT2D eigenvalue weighted by Gasteiger charge is -2.21. The van der Waals surface area contributed by atoms with Crippen LogP contribution in [-0.2, 0) is 6.54 Å². The number of para-hydroxylation sites is 3. The Kier molecular flexibility index (Phi) is 28.7. The zero-order valence-corrected chi connectivity index (χ0v) is 78.2. The van der Waals surface area contributed by atoms with E-state index in [1.807, 2.05) is 111 Å². The van der Waals surface area contributed by atoms with E-state index in [0.29, 0.717) is 154 Å².